The van der Waals surface area contributed by atoms with Gasteiger partial charge in [-0.1, -0.05) is 47.5 Å². The van der Waals surface area contributed by atoms with E-state index >= 15 is 0 Å². The molecule has 18 heavy (non-hydrogen) atoms. The maximum atomic E-state index is 11.8. The van der Waals surface area contributed by atoms with Gasteiger partial charge in [0, 0.05) is 0 Å². The summed E-state index contributed by atoms with van der Waals surface area (Å²) in [6, 6.07) is 0. The summed E-state index contributed by atoms with van der Waals surface area (Å²) in [6.07, 6.45) is 2.03. The lowest BCUT2D eigenvalue weighted by molar-refractivity contribution is -0.170. The van der Waals surface area contributed by atoms with E-state index in [4.69, 9.17) is 0 Å². The van der Waals surface area contributed by atoms with E-state index in [0.29, 0.717) is 6.42 Å². The van der Waals surface area contributed by atoms with Crippen molar-refractivity contribution in [2.24, 2.45) is 23.2 Å². The number of rotatable bonds is 8. The lowest BCUT2D eigenvalue weighted by Gasteiger charge is -2.40. The normalized spacial score (nSPS) is 16.6. The van der Waals surface area contributed by atoms with E-state index in [1.807, 2.05) is 20.8 Å². The Morgan fingerprint density at radius 3 is 1.83 bits per heavy atom. The van der Waals surface area contributed by atoms with E-state index in [1.165, 1.54) is 0 Å². The Labute approximate surface area is 109 Å². The molecule has 0 heterocycles. The first-order valence-corrected chi connectivity index (χ1v) is 6.67. The van der Waals surface area contributed by atoms with Crippen LogP contribution in [0.25, 0.3) is 0 Å². The van der Waals surface area contributed by atoms with Crippen LogP contribution >= 0.6 is 0 Å². The zero-order valence-electron chi connectivity index (χ0n) is 12.1. The average Bonchev–Trinajstić information content (AvgIpc) is 2.21. The van der Waals surface area contributed by atoms with E-state index in [2.05, 4.69) is 0 Å². The van der Waals surface area contributed by atoms with E-state index in [-0.39, 0.29) is 11.8 Å². The number of aliphatic carboxylic acids is 2. The van der Waals surface area contributed by atoms with Gasteiger partial charge >= 0.3 is 11.9 Å². The predicted molar refractivity (Wildman–Crippen MR) is 70.4 cm³/mol. The molecule has 0 bridgehead atoms. The Hall–Kier alpha value is -1.06. The van der Waals surface area contributed by atoms with Crippen molar-refractivity contribution in [2.75, 3.05) is 0 Å². The first kappa shape index (κ1) is 16.9. The molecule has 4 heteroatoms. The van der Waals surface area contributed by atoms with Gasteiger partial charge in [0.25, 0.3) is 0 Å². The zero-order valence-corrected chi connectivity index (χ0v) is 12.1. The Kier molecular flexibility index (Phi) is 6.36. The molecule has 0 aliphatic rings. The van der Waals surface area contributed by atoms with Gasteiger partial charge in [-0.05, 0) is 18.3 Å². The highest BCUT2D eigenvalue weighted by atomic mass is 16.4. The summed E-state index contributed by atoms with van der Waals surface area (Å²) in [7, 11) is 0. The summed E-state index contributed by atoms with van der Waals surface area (Å²) in [4.78, 5) is 23.3. The van der Waals surface area contributed by atoms with Crippen LogP contribution in [0.15, 0.2) is 0 Å². The van der Waals surface area contributed by atoms with Crippen molar-refractivity contribution in [1.82, 2.24) is 0 Å². The first-order valence-electron chi connectivity index (χ1n) is 6.67. The second kappa shape index (κ2) is 6.76. The molecular formula is C14H26O4. The lowest BCUT2D eigenvalue weighted by Crippen LogP contribution is -2.48. The molecule has 0 aromatic carbocycles. The van der Waals surface area contributed by atoms with Gasteiger partial charge in [0.05, 0.1) is 11.3 Å². The molecule has 0 rings (SSSR count). The third-order valence-corrected chi connectivity index (χ3v) is 3.86. The Balaban J connectivity index is 5.64. The molecule has 2 atom stereocenters. The summed E-state index contributed by atoms with van der Waals surface area (Å²) in [6.45, 7) is 9.16. The summed E-state index contributed by atoms with van der Waals surface area (Å²) in [5.74, 6) is -3.23. The van der Waals surface area contributed by atoms with Crippen LogP contribution in [0.3, 0.4) is 0 Å². The highest BCUT2D eigenvalue weighted by Gasteiger charge is 2.52. The number of carboxylic acids is 2. The van der Waals surface area contributed by atoms with E-state index in [1.54, 1.807) is 13.8 Å². The molecule has 0 aromatic heterocycles. The molecule has 2 unspecified atom stereocenters. The molecular weight excluding hydrogens is 232 g/mol. The Morgan fingerprint density at radius 1 is 1.11 bits per heavy atom. The molecule has 106 valence electrons. The van der Waals surface area contributed by atoms with Crippen LogP contribution in [0.5, 0.6) is 0 Å². The van der Waals surface area contributed by atoms with Gasteiger partial charge in [0.15, 0.2) is 0 Å². The second-order valence-electron chi connectivity index (χ2n) is 5.66. The molecule has 0 saturated carbocycles. The second-order valence-corrected chi connectivity index (χ2v) is 5.66. The maximum absolute atomic E-state index is 11.8. The fourth-order valence-corrected chi connectivity index (χ4v) is 2.86. The van der Waals surface area contributed by atoms with E-state index in [0.717, 1.165) is 12.8 Å². The molecule has 0 aromatic rings. The van der Waals surface area contributed by atoms with Crippen LogP contribution in [-0.2, 0) is 9.59 Å². The number of hydrogen-bond acceptors (Lipinski definition) is 2. The van der Waals surface area contributed by atoms with Crippen molar-refractivity contribution in [2.45, 2.75) is 53.9 Å². The predicted octanol–water partition coefficient (Wildman–Crippen LogP) is 3.26. The van der Waals surface area contributed by atoms with Gasteiger partial charge < -0.3 is 10.2 Å². The van der Waals surface area contributed by atoms with Crippen LogP contribution in [0, 0.1) is 23.2 Å². The molecule has 2 N–H and O–H groups in total. The van der Waals surface area contributed by atoms with Crippen LogP contribution in [-0.4, -0.2) is 22.2 Å². The molecule has 0 spiro atoms. The lowest BCUT2D eigenvalue weighted by atomic mass is 9.61. The minimum Gasteiger partial charge on any atom is -0.481 e. The smallest absolute Gasteiger partial charge is 0.310 e. The summed E-state index contributed by atoms with van der Waals surface area (Å²) in [5.41, 5.74) is -1.17. The minimum atomic E-state index is -1.17. The largest absolute Gasteiger partial charge is 0.481 e. The van der Waals surface area contributed by atoms with Crippen LogP contribution < -0.4 is 0 Å². The van der Waals surface area contributed by atoms with Crippen LogP contribution in [0.1, 0.15) is 53.9 Å². The van der Waals surface area contributed by atoms with Crippen molar-refractivity contribution >= 4 is 11.9 Å². The first-order chi connectivity index (χ1) is 8.21. The third-order valence-electron chi connectivity index (χ3n) is 3.86. The Morgan fingerprint density at radius 2 is 1.61 bits per heavy atom. The van der Waals surface area contributed by atoms with Crippen LogP contribution in [0.2, 0.25) is 0 Å². The summed E-state index contributed by atoms with van der Waals surface area (Å²) in [5, 5.41) is 19.0. The summed E-state index contributed by atoms with van der Waals surface area (Å²) >= 11 is 0. The quantitative estimate of drug-likeness (QED) is 0.700. The number of unbranched alkanes of at least 4 members (excludes halogenated alkanes) is 1. The zero-order chi connectivity index (χ0) is 14.5. The molecule has 0 aliphatic heterocycles. The van der Waals surface area contributed by atoms with Crippen LogP contribution in [0.4, 0.5) is 0 Å². The fraction of sp³-hybridized carbons (Fsp3) is 0.857. The van der Waals surface area contributed by atoms with Crippen molar-refractivity contribution in [3.63, 3.8) is 0 Å². The highest BCUT2D eigenvalue weighted by Crippen LogP contribution is 2.44. The SMILES string of the molecule is CCCCC(C(=O)O)(C(C)C)C(C(=O)O)C(C)C. The monoisotopic (exact) mass is 258 g/mol. The molecule has 4 nitrogen and oxygen atoms in total. The van der Waals surface area contributed by atoms with E-state index in [9.17, 15) is 19.8 Å². The third kappa shape index (κ3) is 3.24. The fourth-order valence-electron chi connectivity index (χ4n) is 2.86. The van der Waals surface area contributed by atoms with Gasteiger partial charge in [0.2, 0.25) is 0 Å². The molecule has 0 radical (unpaired) electrons. The highest BCUT2D eigenvalue weighted by molar-refractivity contribution is 5.84. The van der Waals surface area contributed by atoms with Crippen molar-refractivity contribution in [3.8, 4) is 0 Å². The Bertz CT molecular complexity index is 296. The standard InChI is InChI=1S/C14H26O4/c1-6-7-8-14(10(4)5,13(17)18)11(9(2)3)12(15)16/h9-11H,6-8H2,1-5H3,(H,15,16)(H,17,18). The topological polar surface area (TPSA) is 74.6 Å². The van der Waals surface area contributed by atoms with E-state index < -0.39 is 23.3 Å². The van der Waals surface area contributed by atoms with Crippen molar-refractivity contribution in [1.29, 1.82) is 0 Å². The molecule has 0 saturated heterocycles. The average molecular weight is 258 g/mol. The van der Waals surface area contributed by atoms with Gasteiger partial charge in [0.1, 0.15) is 0 Å². The van der Waals surface area contributed by atoms with Gasteiger partial charge in [-0.25, -0.2) is 0 Å². The summed E-state index contributed by atoms with van der Waals surface area (Å²) < 4.78 is 0. The number of carbonyl (C=O) groups is 2. The van der Waals surface area contributed by atoms with Crippen molar-refractivity contribution in [3.05, 3.63) is 0 Å². The minimum absolute atomic E-state index is 0.196. The van der Waals surface area contributed by atoms with Gasteiger partial charge in [-0.3, -0.25) is 9.59 Å². The van der Waals surface area contributed by atoms with Gasteiger partial charge in [-0.15, -0.1) is 0 Å². The maximum Gasteiger partial charge on any atom is 0.310 e. The number of carboxylic acid groups (broad SMARTS) is 2. The molecule has 0 aliphatic carbocycles. The number of hydrogen-bond donors (Lipinski definition) is 2. The van der Waals surface area contributed by atoms with Crippen molar-refractivity contribution < 1.29 is 19.8 Å². The molecule has 0 amide bonds. The molecule has 0 fully saturated rings. The van der Waals surface area contributed by atoms with Gasteiger partial charge in [-0.2, -0.15) is 0 Å².